The molecule has 2 aromatic heterocycles. The standard InChI is InChI=1S/C22H21BrN4O/c1-15(11-12-16-7-3-2-4-8-16)25-21-13-19(17-9-5-6-10-20(17)28)26-22-18(23)14-24-27(21)22/h2-10,13-15,25,28H,11-12H2,1H3. The summed E-state index contributed by atoms with van der Waals surface area (Å²) in [5.74, 6) is 1.05. The summed E-state index contributed by atoms with van der Waals surface area (Å²) in [5, 5.41) is 18.2. The number of anilines is 1. The second-order valence-electron chi connectivity index (χ2n) is 6.84. The number of para-hydroxylation sites is 1. The molecular weight excluding hydrogens is 416 g/mol. The van der Waals surface area contributed by atoms with E-state index in [-0.39, 0.29) is 11.8 Å². The average molecular weight is 437 g/mol. The van der Waals surface area contributed by atoms with Crippen LogP contribution in [0.15, 0.2) is 71.3 Å². The van der Waals surface area contributed by atoms with E-state index in [1.807, 2.05) is 24.3 Å². The summed E-state index contributed by atoms with van der Waals surface area (Å²) in [6, 6.07) is 19.9. The van der Waals surface area contributed by atoms with Crippen molar-refractivity contribution in [1.82, 2.24) is 14.6 Å². The molecule has 6 heteroatoms. The van der Waals surface area contributed by atoms with Crippen molar-refractivity contribution in [3.63, 3.8) is 0 Å². The Hall–Kier alpha value is -2.86. The SMILES string of the molecule is CC(CCc1ccccc1)Nc1cc(-c2ccccc2O)nc2c(Br)cnn12. The number of benzene rings is 2. The molecule has 2 N–H and O–H groups in total. The molecule has 2 heterocycles. The Labute approximate surface area is 172 Å². The van der Waals surface area contributed by atoms with E-state index in [0.29, 0.717) is 16.9 Å². The monoisotopic (exact) mass is 436 g/mol. The third-order valence-corrected chi connectivity index (χ3v) is 5.27. The first-order valence-electron chi connectivity index (χ1n) is 9.25. The van der Waals surface area contributed by atoms with Crippen LogP contribution in [-0.4, -0.2) is 25.7 Å². The maximum Gasteiger partial charge on any atom is 0.172 e. The Morgan fingerprint density at radius 3 is 2.64 bits per heavy atom. The predicted molar refractivity (Wildman–Crippen MR) is 116 cm³/mol. The summed E-state index contributed by atoms with van der Waals surface area (Å²) in [6.07, 6.45) is 3.72. The minimum Gasteiger partial charge on any atom is -0.507 e. The molecule has 0 aliphatic heterocycles. The Morgan fingerprint density at radius 2 is 1.86 bits per heavy atom. The normalized spacial score (nSPS) is 12.2. The number of hydrogen-bond donors (Lipinski definition) is 2. The molecule has 2 aromatic carbocycles. The molecule has 0 aliphatic carbocycles. The highest BCUT2D eigenvalue weighted by Gasteiger charge is 2.15. The summed E-state index contributed by atoms with van der Waals surface area (Å²) in [7, 11) is 0. The summed E-state index contributed by atoms with van der Waals surface area (Å²) in [5.41, 5.74) is 3.42. The molecule has 142 valence electrons. The van der Waals surface area contributed by atoms with E-state index in [4.69, 9.17) is 0 Å². The van der Waals surface area contributed by atoms with Crippen LogP contribution < -0.4 is 5.32 Å². The fourth-order valence-electron chi connectivity index (χ4n) is 3.22. The molecule has 0 amide bonds. The Morgan fingerprint density at radius 1 is 1.11 bits per heavy atom. The lowest BCUT2D eigenvalue weighted by Gasteiger charge is -2.17. The van der Waals surface area contributed by atoms with Crippen LogP contribution in [0.25, 0.3) is 16.9 Å². The van der Waals surface area contributed by atoms with Gasteiger partial charge in [0.2, 0.25) is 0 Å². The predicted octanol–water partition coefficient (Wildman–Crippen LogP) is 5.30. The lowest BCUT2D eigenvalue weighted by Crippen LogP contribution is -2.18. The number of aromatic hydroxyl groups is 1. The van der Waals surface area contributed by atoms with Crippen LogP contribution in [0.1, 0.15) is 18.9 Å². The van der Waals surface area contributed by atoms with Gasteiger partial charge in [0.15, 0.2) is 5.65 Å². The van der Waals surface area contributed by atoms with Crippen molar-refractivity contribution in [2.45, 2.75) is 25.8 Å². The molecule has 1 unspecified atom stereocenters. The van der Waals surface area contributed by atoms with Gasteiger partial charge in [0.25, 0.3) is 0 Å². The first-order chi connectivity index (χ1) is 13.6. The molecule has 1 atom stereocenters. The zero-order chi connectivity index (χ0) is 19.5. The van der Waals surface area contributed by atoms with E-state index >= 15 is 0 Å². The van der Waals surface area contributed by atoms with Gasteiger partial charge in [0.05, 0.1) is 16.4 Å². The van der Waals surface area contributed by atoms with E-state index in [1.54, 1.807) is 22.8 Å². The van der Waals surface area contributed by atoms with Crippen molar-refractivity contribution in [3.05, 3.63) is 76.9 Å². The molecular formula is C22H21BrN4O. The van der Waals surface area contributed by atoms with Crippen molar-refractivity contribution in [3.8, 4) is 17.0 Å². The molecule has 28 heavy (non-hydrogen) atoms. The number of nitrogens with zero attached hydrogens (tertiary/aromatic N) is 3. The number of nitrogens with one attached hydrogen (secondary N) is 1. The number of fused-ring (bicyclic) bond motifs is 1. The van der Waals surface area contributed by atoms with Gasteiger partial charge < -0.3 is 10.4 Å². The van der Waals surface area contributed by atoms with Gasteiger partial charge in [-0.25, -0.2) is 4.98 Å². The summed E-state index contributed by atoms with van der Waals surface area (Å²) >= 11 is 3.52. The Kier molecular flexibility index (Phi) is 5.30. The van der Waals surface area contributed by atoms with E-state index in [1.165, 1.54) is 5.56 Å². The minimum absolute atomic E-state index is 0.207. The van der Waals surface area contributed by atoms with Gasteiger partial charge in [-0.2, -0.15) is 9.61 Å². The summed E-state index contributed by atoms with van der Waals surface area (Å²) < 4.78 is 2.59. The quantitative estimate of drug-likeness (QED) is 0.430. The van der Waals surface area contributed by atoms with E-state index in [2.05, 4.69) is 62.5 Å². The molecule has 4 aromatic rings. The van der Waals surface area contributed by atoms with Gasteiger partial charge >= 0.3 is 0 Å². The van der Waals surface area contributed by atoms with Crippen LogP contribution >= 0.6 is 15.9 Å². The maximum absolute atomic E-state index is 10.2. The van der Waals surface area contributed by atoms with Crippen LogP contribution in [0.2, 0.25) is 0 Å². The number of phenolic OH excluding ortho intramolecular Hbond substituents is 1. The van der Waals surface area contributed by atoms with Crippen molar-refractivity contribution < 1.29 is 5.11 Å². The van der Waals surface area contributed by atoms with Gasteiger partial charge in [0, 0.05) is 17.7 Å². The van der Waals surface area contributed by atoms with Gasteiger partial charge in [-0.15, -0.1) is 0 Å². The van der Waals surface area contributed by atoms with Gasteiger partial charge in [-0.3, -0.25) is 0 Å². The maximum atomic E-state index is 10.2. The van der Waals surface area contributed by atoms with E-state index < -0.39 is 0 Å². The van der Waals surface area contributed by atoms with Crippen molar-refractivity contribution in [2.24, 2.45) is 0 Å². The van der Waals surface area contributed by atoms with Gasteiger partial charge in [0.1, 0.15) is 11.6 Å². The number of hydrogen-bond acceptors (Lipinski definition) is 4. The van der Waals surface area contributed by atoms with Gasteiger partial charge in [-0.1, -0.05) is 42.5 Å². The van der Waals surface area contributed by atoms with Crippen LogP contribution in [0.3, 0.4) is 0 Å². The lowest BCUT2D eigenvalue weighted by atomic mass is 10.1. The number of rotatable bonds is 6. The molecule has 0 saturated heterocycles. The molecule has 0 saturated carbocycles. The first-order valence-corrected chi connectivity index (χ1v) is 10.0. The third kappa shape index (κ3) is 3.87. The van der Waals surface area contributed by atoms with Crippen molar-refractivity contribution in [2.75, 3.05) is 5.32 Å². The first kappa shape index (κ1) is 18.5. The zero-order valence-electron chi connectivity index (χ0n) is 15.5. The summed E-state index contributed by atoms with van der Waals surface area (Å²) in [4.78, 5) is 4.68. The van der Waals surface area contributed by atoms with Crippen LogP contribution in [0.5, 0.6) is 5.75 Å². The van der Waals surface area contributed by atoms with Crippen molar-refractivity contribution in [1.29, 1.82) is 0 Å². The molecule has 0 bridgehead atoms. The molecule has 0 fully saturated rings. The fraction of sp³-hybridized carbons (Fsp3) is 0.182. The van der Waals surface area contributed by atoms with E-state index in [9.17, 15) is 5.11 Å². The largest absolute Gasteiger partial charge is 0.507 e. The fourth-order valence-corrected chi connectivity index (χ4v) is 3.57. The zero-order valence-corrected chi connectivity index (χ0v) is 17.1. The second kappa shape index (κ2) is 8.02. The second-order valence-corrected chi connectivity index (χ2v) is 7.70. The molecule has 0 spiro atoms. The average Bonchev–Trinajstić information content (AvgIpc) is 3.09. The van der Waals surface area contributed by atoms with Gasteiger partial charge in [-0.05, 0) is 53.4 Å². The topological polar surface area (TPSA) is 62.5 Å². The number of halogens is 1. The summed E-state index contributed by atoms with van der Waals surface area (Å²) in [6.45, 7) is 2.16. The van der Waals surface area contributed by atoms with Crippen LogP contribution in [0.4, 0.5) is 5.82 Å². The molecule has 0 radical (unpaired) electrons. The Balaban J connectivity index is 1.63. The molecule has 5 nitrogen and oxygen atoms in total. The Bertz CT molecular complexity index is 1090. The molecule has 0 aliphatic rings. The highest BCUT2D eigenvalue weighted by atomic mass is 79.9. The number of phenols is 1. The number of aryl methyl sites for hydroxylation is 1. The van der Waals surface area contributed by atoms with E-state index in [0.717, 1.165) is 23.1 Å². The minimum atomic E-state index is 0.207. The van der Waals surface area contributed by atoms with Crippen LogP contribution in [-0.2, 0) is 6.42 Å². The molecule has 4 rings (SSSR count). The highest BCUT2D eigenvalue weighted by molar-refractivity contribution is 9.10. The lowest BCUT2D eigenvalue weighted by molar-refractivity contribution is 0.477. The third-order valence-electron chi connectivity index (χ3n) is 4.71. The number of aromatic nitrogens is 3. The smallest absolute Gasteiger partial charge is 0.172 e. The van der Waals surface area contributed by atoms with Crippen LogP contribution in [0, 0.1) is 0 Å². The van der Waals surface area contributed by atoms with Crippen molar-refractivity contribution >= 4 is 27.4 Å². The highest BCUT2D eigenvalue weighted by Crippen LogP contribution is 2.31.